The fourth-order valence-corrected chi connectivity index (χ4v) is 2.30. The van der Waals surface area contributed by atoms with Crippen LogP contribution in [-0.4, -0.2) is 13.1 Å². The molecular formula is C16H27N. The Morgan fingerprint density at radius 1 is 1.12 bits per heavy atom. The van der Waals surface area contributed by atoms with E-state index >= 15 is 0 Å². The Labute approximate surface area is 107 Å². The minimum Gasteiger partial charge on any atom is -0.316 e. The van der Waals surface area contributed by atoms with Gasteiger partial charge in [-0.2, -0.15) is 0 Å². The van der Waals surface area contributed by atoms with Crippen molar-refractivity contribution in [3.05, 3.63) is 34.9 Å². The summed E-state index contributed by atoms with van der Waals surface area (Å²) in [6.07, 6.45) is 3.69. The molecule has 0 saturated heterocycles. The second-order valence-electron chi connectivity index (χ2n) is 5.05. The highest BCUT2D eigenvalue weighted by Crippen LogP contribution is 2.19. The van der Waals surface area contributed by atoms with Crippen molar-refractivity contribution in [1.82, 2.24) is 5.32 Å². The first-order chi connectivity index (χ1) is 8.19. The van der Waals surface area contributed by atoms with Gasteiger partial charge in [-0.3, -0.25) is 0 Å². The lowest BCUT2D eigenvalue weighted by molar-refractivity contribution is 0.459. The fraction of sp³-hybridized carbons (Fsp3) is 0.625. The summed E-state index contributed by atoms with van der Waals surface area (Å²) in [4.78, 5) is 0. The molecule has 0 spiro atoms. The molecule has 0 saturated carbocycles. The highest BCUT2D eigenvalue weighted by molar-refractivity contribution is 5.33. The smallest absolute Gasteiger partial charge is 0.00174 e. The Kier molecular flexibility index (Phi) is 6.28. The molecule has 17 heavy (non-hydrogen) atoms. The average Bonchev–Trinajstić information content (AvgIpc) is 2.32. The van der Waals surface area contributed by atoms with E-state index in [9.17, 15) is 0 Å². The van der Waals surface area contributed by atoms with Crippen LogP contribution in [0.4, 0.5) is 0 Å². The molecule has 0 bridgehead atoms. The van der Waals surface area contributed by atoms with Gasteiger partial charge in [0.2, 0.25) is 0 Å². The third-order valence-corrected chi connectivity index (χ3v) is 3.57. The van der Waals surface area contributed by atoms with E-state index in [1.54, 1.807) is 5.56 Å². The maximum absolute atomic E-state index is 3.55. The molecule has 96 valence electrons. The van der Waals surface area contributed by atoms with Gasteiger partial charge >= 0.3 is 0 Å². The SMILES string of the molecule is CCCNCC(CC)Cc1c(C)cccc1C. The van der Waals surface area contributed by atoms with Crippen molar-refractivity contribution in [2.24, 2.45) is 5.92 Å². The largest absolute Gasteiger partial charge is 0.316 e. The zero-order chi connectivity index (χ0) is 12.7. The van der Waals surface area contributed by atoms with Crippen molar-refractivity contribution in [2.75, 3.05) is 13.1 Å². The molecule has 0 fully saturated rings. The summed E-state index contributed by atoms with van der Waals surface area (Å²) in [7, 11) is 0. The summed E-state index contributed by atoms with van der Waals surface area (Å²) in [5.41, 5.74) is 4.44. The molecule has 0 aliphatic rings. The Morgan fingerprint density at radius 3 is 2.29 bits per heavy atom. The van der Waals surface area contributed by atoms with E-state index in [-0.39, 0.29) is 0 Å². The molecule has 0 heterocycles. The monoisotopic (exact) mass is 233 g/mol. The molecule has 1 aromatic carbocycles. The zero-order valence-corrected chi connectivity index (χ0v) is 11.8. The topological polar surface area (TPSA) is 12.0 Å². The van der Waals surface area contributed by atoms with Gasteiger partial charge in [-0.15, -0.1) is 0 Å². The lowest BCUT2D eigenvalue weighted by Crippen LogP contribution is -2.25. The minimum absolute atomic E-state index is 0.765. The number of rotatable bonds is 7. The summed E-state index contributed by atoms with van der Waals surface area (Å²) in [5.74, 6) is 0.765. The van der Waals surface area contributed by atoms with E-state index < -0.39 is 0 Å². The summed E-state index contributed by atoms with van der Waals surface area (Å²) < 4.78 is 0. The molecule has 1 heteroatoms. The maximum Gasteiger partial charge on any atom is -0.00174 e. The van der Waals surface area contributed by atoms with E-state index in [1.165, 1.54) is 30.4 Å². The van der Waals surface area contributed by atoms with Gasteiger partial charge in [0.25, 0.3) is 0 Å². The fourth-order valence-electron chi connectivity index (χ4n) is 2.30. The van der Waals surface area contributed by atoms with Crippen LogP contribution in [0.15, 0.2) is 18.2 Å². The van der Waals surface area contributed by atoms with Crippen LogP contribution in [0, 0.1) is 19.8 Å². The van der Waals surface area contributed by atoms with E-state index in [4.69, 9.17) is 0 Å². The quantitative estimate of drug-likeness (QED) is 0.705. The van der Waals surface area contributed by atoms with Crippen molar-refractivity contribution in [3.8, 4) is 0 Å². The zero-order valence-electron chi connectivity index (χ0n) is 11.8. The van der Waals surface area contributed by atoms with Crippen LogP contribution < -0.4 is 5.32 Å². The number of nitrogens with one attached hydrogen (secondary N) is 1. The Morgan fingerprint density at radius 2 is 1.76 bits per heavy atom. The van der Waals surface area contributed by atoms with Crippen LogP contribution in [0.5, 0.6) is 0 Å². The van der Waals surface area contributed by atoms with E-state index in [2.05, 4.69) is 51.2 Å². The van der Waals surface area contributed by atoms with Gasteiger partial charge in [0.05, 0.1) is 0 Å². The number of aryl methyl sites for hydroxylation is 2. The van der Waals surface area contributed by atoms with E-state index in [1.807, 2.05) is 0 Å². The maximum atomic E-state index is 3.55. The third kappa shape index (κ3) is 4.51. The molecule has 0 aliphatic heterocycles. The summed E-state index contributed by atoms with van der Waals surface area (Å²) in [6, 6.07) is 6.62. The average molecular weight is 233 g/mol. The number of hydrogen-bond donors (Lipinski definition) is 1. The standard InChI is InChI=1S/C16H27N/c1-5-10-17-12-15(6-2)11-16-13(3)8-7-9-14(16)4/h7-9,15,17H,5-6,10-12H2,1-4H3. The van der Waals surface area contributed by atoms with Crippen molar-refractivity contribution < 1.29 is 0 Å². The van der Waals surface area contributed by atoms with Crippen LogP contribution >= 0.6 is 0 Å². The molecule has 0 aromatic heterocycles. The molecule has 0 aliphatic carbocycles. The van der Waals surface area contributed by atoms with Crippen LogP contribution in [-0.2, 0) is 6.42 Å². The molecule has 1 aromatic rings. The van der Waals surface area contributed by atoms with Gasteiger partial charge in [-0.25, -0.2) is 0 Å². The van der Waals surface area contributed by atoms with Crippen molar-refractivity contribution in [2.45, 2.75) is 47.0 Å². The van der Waals surface area contributed by atoms with Gasteiger partial charge in [-0.05, 0) is 62.4 Å². The first-order valence-corrected chi connectivity index (χ1v) is 6.94. The molecular weight excluding hydrogens is 206 g/mol. The third-order valence-electron chi connectivity index (χ3n) is 3.57. The molecule has 0 amide bonds. The van der Waals surface area contributed by atoms with Gasteiger partial charge in [0, 0.05) is 0 Å². The van der Waals surface area contributed by atoms with Crippen LogP contribution in [0.3, 0.4) is 0 Å². The summed E-state index contributed by atoms with van der Waals surface area (Å²) in [6.45, 7) is 11.3. The highest BCUT2D eigenvalue weighted by atomic mass is 14.8. The van der Waals surface area contributed by atoms with Gasteiger partial charge in [-0.1, -0.05) is 38.5 Å². The van der Waals surface area contributed by atoms with Gasteiger partial charge in [0.15, 0.2) is 0 Å². The van der Waals surface area contributed by atoms with Gasteiger partial charge in [0.1, 0.15) is 0 Å². The number of hydrogen-bond acceptors (Lipinski definition) is 1. The minimum atomic E-state index is 0.765. The molecule has 1 unspecified atom stereocenters. The van der Waals surface area contributed by atoms with E-state index in [0.29, 0.717) is 0 Å². The molecule has 1 atom stereocenters. The van der Waals surface area contributed by atoms with Crippen molar-refractivity contribution >= 4 is 0 Å². The predicted molar refractivity (Wildman–Crippen MR) is 76.6 cm³/mol. The molecule has 0 radical (unpaired) electrons. The number of benzene rings is 1. The Bertz CT molecular complexity index is 310. The predicted octanol–water partition coefficient (Wildman–Crippen LogP) is 3.87. The normalized spacial score (nSPS) is 12.7. The van der Waals surface area contributed by atoms with Crippen molar-refractivity contribution in [1.29, 1.82) is 0 Å². The second kappa shape index (κ2) is 7.50. The lowest BCUT2D eigenvalue weighted by atomic mass is 9.91. The first-order valence-electron chi connectivity index (χ1n) is 6.94. The molecule has 1 rings (SSSR count). The first kappa shape index (κ1) is 14.2. The Hall–Kier alpha value is -0.820. The van der Waals surface area contributed by atoms with E-state index in [0.717, 1.165) is 19.0 Å². The summed E-state index contributed by atoms with van der Waals surface area (Å²) in [5, 5.41) is 3.55. The van der Waals surface area contributed by atoms with Crippen molar-refractivity contribution in [3.63, 3.8) is 0 Å². The second-order valence-corrected chi connectivity index (χ2v) is 5.05. The van der Waals surface area contributed by atoms with Gasteiger partial charge < -0.3 is 5.32 Å². The van der Waals surface area contributed by atoms with Crippen LogP contribution in [0.25, 0.3) is 0 Å². The molecule has 1 nitrogen and oxygen atoms in total. The molecule has 1 N–H and O–H groups in total. The highest BCUT2D eigenvalue weighted by Gasteiger charge is 2.10. The Balaban J connectivity index is 2.60. The lowest BCUT2D eigenvalue weighted by Gasteiger charge is -2.18. The summed E-state index contributed by atoms with van der Waals surface area (Å²) >= 11 is 0. The van der Waals surface area contributed by atoms with Crippen LogP contribution in [0.2, 0.25) is 0 Å². The van der Waals surface area contributed by atoms with Crippen LogP contribution in [0.1, 0.15) is 43.4 Å².